The van der Waals surface area contributed by atoms with Crippen LogP contribution >= 0.6 is 11.3 Å². The number of fused-ring (bicyclic) bond motifs is 13. The molecule has 2 heterocycles. The number of thiophene rings is 1. The summed E-state index contributed by atoms with van der Waals surface area (Å²) in [5, 5.41) is 7.47. The van der Waals surface area contributed by atoms with Gasteiger partial charge < -0.3 is 0 Å². The van der Waals surface area contributed by atoms with E-state index in [0.29, 0.717) is 0 Å². The molecule has 0 amide bonds. The zero-order valence-electron chi connectivity index (χ0n) is 30.9. The van der Waals surface area contributed by atoms with Crippen molar-refractivity contribution in [1.29, 1.82) is 0 Å². The summed E-state index contributed by atoms with van der Waals surface area (Å²) in [6.45, 7) is 0. The molecule has 264 valence electrons. The third-order valence-electron chi connectivity index (χ3n) is 11.9. The van der Waals surface area contributed by atoms with E-state index in [0.717, 1.165) is 11.3 Å². The Balaban J connectivity index is 1.17. The van der Waals surface area contributed by atoms with Crippen molar-refractivity contribution in [3.8, 4) is 78.0 Å². The molecule has 0 fully saturated rings. The van der Waals surface area contributed by atoms with Crippen molar-refractivity contribution in [2.24, 2.45) is 0 Å². The van der Waals surface area contributed by atoms with E-state index >= 15 is 0 Å². The normalized spacial score (nSPS) is 11.9. The van der Waals surface area contributed by atoms with Gasteiger partial charge in [0.25, 0.3) is 0 Å². The number of pyridine rings is 1. The zero-order chi connectivity index (χ0) is 37.5. The van der Waals surface area contributed by atoms with Crippen LogP contribution in [0, 0.1) is 0 Å². The molecule has 1 nitrogen and oxygen atoms in total. The first-order valence-corrected chi connectivity index (χ1v) is 20.4. The molecular formula is C55H33NS. The lowest BCUT2D eigenvalue weighted by Gasteiger charge is -2.24. The van der Waals surface area contributed by atoms with Crippen LogP contribution in [0.2, 0.25) is 0 Å². The number of aromatic nitrogens is 1. The summed E-state index contributed by atoms with van der Waals surface area (Å²) in [5.74, 6) is 0. The van der Waals surface area contributed by atoms with Crippen LogP contribution in [0.5, 0.6) is 0 Å². The third-order valence-corrected chi connectivity index (χ3v) is 13.1. The third kappa shape index (κ3) is 4.91. The molecule has 1 aliphatic carbocycles. The Morgan fingerprint density at radius 2 is 0.789 bits per heavy atom. The van der Waals surface area contributed by atoms with Crippen LogP contribution in [0.1, 0.15) is 0 Å². The molecule has 12 rings (SSSR count). The van der Waals surface area contributed by atoms with Gasteiger partial charge in [-0.2, -0.15) is 0 Å². The van der Waals surface area contributed by atoms with Crippen molar-refractivity contribution >= 4 is 53.1 Å². The molecule has 0 spiro atoms. The Morgan fingerprint density at radius 3 is 1.44 bits per heavy atom. The van der Waals surface area contributed by atoms with Crippen LogP contribution in [0.3, 0.4) is 0 Å². The summed E-state index contributed by atoms with van der Waals surface area (Å²) in [7, 11) is 0. The van der Waals surface area contributed by atoms with Gasteiger partial charge in [0.15, 0.2) is 0 Å². The van der Waals surface area contributed by atoms with Crippen molar-refractivity contribution in [1.82, 2.24) is 4.98 Å². The number of benzene rings is 9. The van der Waals surface area contributed by atoms with E-state index < -0.39 is 0 Å². The van der Waals surface area contributed by atoms with Gasteiger partial charge >= 0.3 is 0 Å². The summed E-state index contributed by atoms with van der Waals surface area (Å²) in [6.07, 6.45) is 1.97. The second-order valence-corrected chi connectivity index (χ2v) is 16.0. The highest BCUT2D eigenvalue weighted by molar-refractivity contribution is 7.26. The van der Waals surface area contributed by atoms with Crippen molar-refractivity contribution < 1.29 is 0 Å². The van der Waals surface area contributed by atoms with E-state index in [1.807, 2.05) is 17.5 Å². The first-order valence-electron chi connectivity index (χ1n) is 19.5. The van der Waals surface area contributed by atoms with Crippen LogP contribution in [0.25, 0.3) is 120 Å². The minimum absolute atomic E-state index is 1.03. The summed E-state index contributed by atoms with van der Waals surface area (Å²) in [4.78, 5) is 5.06. The topological polar surface area (TPSA) is 12.9 Å². The van der Waals surface area contributed by atoms with Gasteiger partial charge in [-0.05, 0) is 113 Å². The second-order valence-electron chi connectivity index (χ2n) is 15.0. The van der Waals surface area contributed by atoms with Crippen LogP contribution in [-0.4, -0.2) is 4.98 Å². The molecule has 0 saturated carbocycles. The van der Waals surface area contributed by atoms with Gasteiger partial charge in [0, 0.05) is 27.2 Å². The fourth-order valence-corrected chi connectivity index (χ4v) is 10.6. The highest BCUT2D eigenvalue weighted by Crippen LogP contribution is 2.51. The molecule has 0 N–H and O–H groups in total. The monoisotopic (exact) mass is 739 g/mol. The number of rotatable bonds is 3. The molecular weight excluding hydrogens is 707 g/mol. The van der Waals surface area contributed by atoms with Gasteiger partial charge in [-0.25, -0.2) is 0 Å². The van der Waals surface area contributed by atoms with Crippen molar-refractivity contribution in [2.75, 3.05) is 0 Å². The maximum absolute atomic E-state index is 5.06. The van der Waals surface area contributed by atoms with E-state index in [-0.39, 0.29) is 0 Å². The molecule has 1 aliphatic rings. The van der Waals surface area contributed by atoms with E-state index in [1.54, 1.807) is 0 Å². The summed E-state index contributed by atoms with van der Waals surface area (Å²) in [6, 6.07) is 71.6. The standard InChI is InChI=1S/C55H33NS/c1-2-14-34(15-3-1)52-45-23-10-11-24-46(45)53(47-29-27-36(33-50(47)52)54-55-48(30-31-56-54)44-22-12-13-25-51(44)57-55)35-26-28-43-41-20-7-6-18-39(41)37-16-4-5-17-38(37)40-19-8-9-21-42(40)49(43)32-35/h1-33H. The van der Waals surface area contributed by atoms with Crippen LogP contribution in [-0.2, 0) is 0 Å². The van der Waals surface area contributed by atoms with E-state index in [4.69, 9.17) is 4.98 Å². The largest absolute Gasteiger partial charge is 0.255 e. The molecule has 0 aliphatic heterocycles. The number of hydrogen-bond donors (Lipinski definition) is 0. The highest BCUT2D eigenvalue weighted by Gasteiger charge is 2.24. The maximum atomic E-state index is 5.06. The molecule has 0 atom stereocenters. The average molecular weight is 740 g/mol. The molecule has 0 bridgehead atoms. The van der Waals surface area contributed by atoms with E-state index in [2.05, 4.69) is 194 Å². The predicted octanol–water partition coefficient (Wildman–Crippen LogP) is 15.7. The van der Waals surface area contributed by atoms with E-state index in [9.17, 15) is 0 Å². The lowest BCUT2D eigenvalue weighted by Crippen LogP contribution is -1.98. The van der Waals surface area contributed by atoms with Gasteiger partial charge in [-0.3, -0.25) is 4.98 Å². The van der Waals surface area contributed by atoms with Crippen molar-refractivity contribution in [3.05, 3.63) is 200 Å². The Kier molecular flexibility index (Phi) is 7.17. The minimum Gasteiger partial charge on any atom is -0.255 e. The smallest absolute Gasteiger partial charge is 0.0880 e. The molecule has 0 unspecified atom stereocenters. The van der Waals surface area contributed by atoms with Gasteiger partial charge in [0.2, 0.25) is 0 Å². The Morgan fingerprint density at radius 1 is 0.298 bits per heavy atom. The highest BCUT2D eigenvalue weighted by atomic mass is 32.1. The fraction of sp³-hybridized carbons (Fsp3) is 0. The lowest BCUT2D eigenvalue weighted by atomic mass is 9.79. The lowest BCUT2D eigenvalue weighted by molar-refractivity contribution is 1.37. The zero-order valence-corrected chi connectivity index (χ0v) is 31.7. The fourth-order valence-electron chi connectivity index (χ4n) is 9.43. The minimum atomic E-state index is 1.03. The molecule has 0 radical (unpaired) electrons. The maximum Gasteiger partial charge on any atom is 0.0880 e. The average Bonchev–Trinajstić information content (AvgIpc) is 3.67. The van der Waals surface area contributed by atoms with Crippen molar-refractivity contribution in [3.63, 3.8) is 0 Å². The summed E-state index contributed by atoms with van der Waals surface area (Å²) in [5.41, 5.74) is 17.1. The van der Waals surface area contributed by atoms with E-state index in [1.165, 1.54) is 108 Å². The molecule has 2 aromatic heterocycles. The number of nitrogens with zero attached hydrogens (tertiary/aromatic N) is 1. The second kappa shape index (κ2) is 12.7. The predicted molar refractivity (Wildman–Crippen MR) is 244 cm³/mol. The van der Waals surface area contributed by atoms with Gasteiger partial charge in [-0.15, -0.1) is 11.3 Å². The quantitative estimate of drug-likeness (QED) is 0.164. The van der Waals surface area contributed by atoms with Crippen LogP contribution in [0.4, 0.5) is 0 Å². The Bertz CT molecular complexity index is 3400. The van der Waals surface area contributed by atoms with Gasteiger partial charge in [0.1, 0.15) is 0 Å². The summed E-state index contributed by atoms with van der Waals surface area (Å²) < 4.78 is 2.51. The first kappa shape index (κ1) is 32.1. The molecule has 11 aromatic rings. The Hall–Kier alpha value is -7.13. The van der Waals surface area contributed by atoms with Crippen molar-refractivity contribution in [2.45, 2.75) is 0 Å². The van der Waals surface area contributed by atoms with Gasteiger partial charge in [-0.1, -0.05) is 170 Å². The van der Waals surface area contributed by atoms with Crippen LogP contribution < -0.4 is 0 Å². The molecule has 2 heteroatoms. The molecule has 57 heavy (non-hydrogen) atoms. The van der Waals surface area contributed by atoms with Crippen LogP contribution in [0.15, 0.2) is 200 Å². The Labute approximate surface area is 334 Å². The van der Waals surface area contributed by atoms with Gasteiger partial charge in [0.05, 0.1) is 10.4 Å². The molecule has 0 saturated heterocycles. The summed E-state index contributed by atoms with van der Waals surface area (Å²) >= 11 is 1.83. The number of hydrogen-bond acceptors (Lipinski definition) is 2. The molecule has 9 aromatic carbocycles. The first-order chi connectivity index (χ1) is 28.3. The SMILES string of the molecule is c1ccc(-c2c3ccccc3c(-c3ccc4c(c3)-c3ccccc3-c3ccccc3-c3ccccc3-4)c3ccc(-c4nccc5c4sc4ccccc45)cc23)cc1.